The van der Waals surface area contributed by atoms with Crippen molar-refractivity contribution in [3.05, 3.63) is 89.5 Å². The molecule has 0 radical (unpaired) electrons. The van der Waals surface area contributed by atoms with Gasteiger partial charge in [-0.2, -0.15) is 0 Å². The van der Waals surface area contributed by atoms with Crippen LogP contribution in [-0.2, 0) is 4.79 Å². The monoisotopic (exact) mass is 456 g/mol. The Bertz CT molecular complexity index is 1300. The minimum absolute atomic E-state index is 0.0229. The molecule has 1 N–H and O–H groups in total. The summed E-state index contributed by atoms with van der Waals surface area (Å²) in [6.07, 6.45) is 0. The second kappa shape index (κ2) is 9.83. The Morgan fingerprint density at radius 1 is 0.909 bits per heavy atom. The lowest BCUT2D eigenvalue weighted by atomic mass is 10.1. The fourth-order valence-electron chi connectivity index (χ4n) is 3.39. The van der Waals surface area contributed by atoms with Gasteiger partial charge in [-0.25, -0.2) is 0 Å². The highest BCUT2D eigenvalue weighted by molar-refractivity contribution is 7.99. The predicted octanol–water partition coefficient (Wildman–Crippen LogP) is 5.48. The molecule has 1 aromatic heterocycles. The standard InChI is InChI=1S/C26H24N4O2S/c1-17-9-14-23(15-18(17)2)30-25(21-7-5-4-6-8-21)28-29-26(30)33-16-24(32)20-10-12-22(13-11-20)27-19(3)31/h4-15H,16H2,1-3H3,(H,27,31). The molecule has 0 saturated heterocycles. The molecule has 33 heavy (non-hydrogen) atoms. The average molecular weight is 457 g/mol. The average Bonchev–Trinajstić information content (AvgIpc) is 3.24. The molecule has 4 aromatic rings. The van der Waals surface area contributed by atoms with Crippen LogP contribution in [0.3, 0.4) is 0 Å². The summed E-state index contributed by atoms with van der Waals surface area (Å²) in [5, 5.41) is 12.2. The Kier molecular flexibility index (Phi) is 6.70. The lowest BCUT2D eigenvalue weighted by molar-refractivity contribution is -0.114. The number of Topliss-reactive ketones (excluding diaryl/α,β-unsaturated/α-hetero) is 1. The minimum atomic E-state index is -0.149. The topological polar surface area (TPSA) is 76.9 Å². The molecule has 0 aliphatic rings. The van der Waals surface area contributed by atoms with E-state index in [1.807, 2.05) is 41.0 Å². The summed E-state index contributed by atoms with van der Waals surface area (Å²) < 4.78 is 2.00. The van der Waals surface area contributed by atoms with E-state index in [0.29, 0.717) is 16.4 Å². The molecule has 166 valence electrons. The van der Waals surface area contributed by atoms with Crippen molar-refractivity contribution in [2.75, 3.05) is 11.1 Å². The van der Waals surface area contributed by atoms with Gasteiger partial charge >= 0.3 is 0 Å². The summed E-state index contributed by atoms with van der Waals surface area (Å²) in [6.45, 7) is 5.60. The van der Waals surface area contributed by atoms with Crippen LogP contribution in [-0.4, -0.2) is 32.2 Å². The normalized spacial score (nSPS) is 10.8. The Hall–Kier alpha value is -3.71. The van der Waals surface area contributed by atoms with Crippen molar-refractivity contribution >= 4 is 29.1 Å². The third kappa shape index (κ3) is 5.21. The van der Waals surface area contributed by atoms with Gasteiger partial charge in [-0.3, -0.25) is 14.2 Å². The molecule has 6 nitrogen and oxygen atoms in total. The summed E-state index contributed by atoms with van der Waals surface area (Å²) in [5.41, 5.74) is 5.53. The number of aromatic nitrogens is 3. The van der Waals surface area contributed by atoms with Crippen molar-refractivity contribution in [2.45, 2.75) is 25.9 Å². The Morgan fingerprint density at radius 2 is 1.64 bits per heavy atom. The van der Waals surface area contributed by atoms with E-state index < -0.39 is 0 Å². The number of hydrogen-bond donors (Lipinski definition) is 1. The van der Waals surface area contributed by atoms with Gasteiger partial charge in [0.15, 0.2) is 16.8 Å². The Labute approximate surface area is 197 Å². The van der Waals surface area contributed by atoms with Gasteiger partial charge in [-0.15, -0.1) is 10.2 Å². The molecule has 0 spiro atoms. The molecule has 1 heterocycles. The molecule has 0 aliphatic carbocycles. The second-order valence-corrected chi connectivity index (χ2v) is 8.69. The van der Waals surface area contributed by atoms with Gasteiger partial charge in [-0.1, -0.05) is 48.2 Å². The number of nitrogens with one attached hydrogen (secondary N) is 1. The Morgan fingerprint density at radius 3 is 2.30 bits per heavy atom. The van der Waals surface area contributed by atoms with Gasteiger partial charge in [0, 0.05) is 23.7 Å². The first-order valence-electron chi connectivity index (χ1n) is 10.5. The number of ketones is 1. The van der Waals surface area contributed by atoms with E-state index in [-0.39, 0.29) is 17.4 Å². The zero-order chi connectivity index (χ0) is 23.4. The summed E-state index contributed by atoms with van der Waals surface area (Å²) in [4.78, 5) is 24.0. The van der Waals surface area contributed by atoms with Crippen LogP contribution in [0.15, 0.2) is 78.0 Å². The number of carbonyl (C=O) groups is 2. The maximum atomic E-state index is 12.8. The summed E-state index contributed by atoms with van der Waals surface area (Å²) in [5.74, 6) is 0.778. The van der Waals surface area contributed by atoms with Crippen molar-refractivity contribution in [3.8, 4) is 17.1 Å². The van der Waals surface area contributed by atoms with Crippen LogP contribution in [0.5, 0.6) is 0 Å². The molecule has 0 atom stereocenters. The van der Waals surface area contributed by atoms with Crippen molar-refractivity contribution in [1.82, 2.24) is 14.8 Å². The van der Waals surface area contributed by atoms with Gasteiger partial charge in [0.25, 0.3) is 0 Å². The zero-order valence-corrected chi connectivity index (χ0v) is 19.5. The molecule has 4 rings (SSSR count). The molecule has 0 unspecified atom stereocenters. The number of rotatable bonds is 7. The number of aryl methyl sites for hydroxylation is 2. The minimum Gasteiger partial charge on any atom is -0.326 e. The van der Waals surface area contributed by atoms with Gasteiger partial charge in [0.05, 0.1) is 11.4 Å². The number of amides is 1. The van der Waals surface area contributed by atoms with Crippen molar-refractivity contribution in [3.63, 3.8) is 0 Å². The van der Waals surface area contributed by atoms with E-state index in [9.17, 15) is 9.59 Å². The molecular weight excluding hydrogens is 432 g/mol. The summed E-state index contributed by atoms with van der Waals surface area (Å²) in [6, 6.07) is 23.0. The van der Waals surface area contributed by atoms with Crippen molar-refractivity contribution < 1.29 is 9.59 Å². The number of benzene rings is 3. The van der Waals surface area contributed by atoms with Crippen LogP contribution in [0.1, 0.15) is 28.4 Å². The fraction of sp³-hybridized carbons (Fsp3) is 0.154. The highest BCUT2D eigenvalue weighted by Gasteiger charge is 2.18. The third-order valence-corrected chi connectivity index (χ3v) is 6.20. The van der Waals surface area contributed by atoms with Crippen molar-refractivity contribution in [2.24, 2.45) is 0 Å². The first-order valence-corrected chi connectivity index (χ1v) is 11.5. The number of carbonyl (C=O) groups excluding carboxylic acids is 2. The van der Waals surface area contributed by atoms with E-state index in [1.54, 1.807) is 24.3 Å². The SMILES string of the molecule is CC(=O)Nc1ccc(C(=O)CSc2nnc(-c3ccccc3)n2-c2ccc(C)c(C)c2)cc1. The maximum Gasteiger partial charge on any atom is 0.221 e. The molecule has 7 heteroatoms. The first kappa shape index (κ1) is 22.5. The van der Waals surface area contributed by atoms with Crippen LogP contribution < -0.4 is 5.32 Å². The lowest BCUT2D eigenvalue weighted by Crippen LogP contribution is -2.07. The van der Waals surface area contributed by atoms with Crippen LogP contribution in [0.2, 0.25) is 0 Å². The first-order chi connectivity index (χ1) is 15.9. The molecule has 1 amide bonds. The Balaban J connectivity index is 1.61. The molecular formula is C26H24N4O2S. The van der Waals surface area contributed by atoms with E-state index in [0.717, 1.165) is 17.1 Å². The molecule has 0 aliphatic heterocycles. The highest BCUT2D eigenvalue weighted by atomic mass is 32.2. The number of nitrogens with zero attached hydrogens (tertiary/aromatic N) is 3. The van der Waals surface area contributed by atoms with E-state index in [1.165, 1.54) is 29.8 Å². The molecule has 0 bridgehead atoms. The fourth-order valence-corrected chi connectivity index (χ4v) is 4.24. The van der Waals surface area contributed by atoms with E-state index in [4.69, 9.17) is 0 Å². The van der Waals surface area contributed by atoms with Gasteiger partial charge in [0.1, 0.15) is 0 Å². The van der Waals surface area contributed by atoms with Crippen LogP contribution in [0.4, 0.5) is 5.69 Å². The van der Waals surface area contributed by atoms with Crippen LogP contribution >= 0.6 is 11.8 Å². The van der Waals surface area contributed by atoms with Gasteiger partial charge in [-0.05, 0) is 61.4 Å². The number of anilines is 1. The van der Waals surface area contributed by atoms with Crippen LogP contribution in [0.25, 0.3) is 17.1 Å². The number of hydrogen-bond acceptors (Lipinski definition) is 5. The van der Waals surface area contributed by atoms with E-state index in [2.05, 4.69) is 41.5 Å². The highest BCUT2D eigenvalue weighted by Crippen LogP contribution is 2.29. The molecule has 0 fully saturated rings. The quantitative estimate of drug-likeness (QED) is 0.294. The lowest BCUT2D eigenvalue weighted by Gasteiger charge is -2.12. The summed E-state index contributed by atoms with van der Waals surface area (Å²) >= 11 is 1.36. The second-order valence-electron chi connectivity index (χ2n) is 7.75. The summed E-state index contributed by atoms with van der Waals surface area (Å²) in [7, 11) is 0. The van der Waals surface area contributed by atoms with Crippen molar-refractivity contribution in [1.29, 1.82) is 0 Å². The maximum absolute atomic E-state index is 12.8. The predicted molar refractivity (Wildman–Crippen MR) is 132 cm³/mol. The number of thioether (sulfide) groups is 1. The molecule has 3 aromatic carbocycles. The third-order valence-electron chi connectivity index (χ3n) is 5.27. The van der Waals surface area contributed by atoms with Gasteiger partial charge in [0.2, 0.25) is 5.91 Å². The van der Waals surface area contributed by atoms with E-state index >= 15 is 0 Å². The smallest absolute Gasteiger partial charge is 0.221 e. The van der Waals surface area contributed by atoms with Gasteiger partial charge < -0.3 is 5.32 Å². The van der Waals surface area contributed by atoms with Crippen LogP contribution in [0, 0.1) is 13.8 Å². The molecule has 0 saturated carbocycles. The largest absolute Gasteiger partial charge is 0.326 e. The zero-order valence-electron chi connectivity index (χ0n) is 18.7.